The third kappa shape index (κ3) is 9.22. The van der Waals surface area contributed by atoms with Crippen molar-refractivity contribution in [3.8, 4) is 11.3 Å². The van der Waals surface area contributed by atoms with Crippen molar-refractivity contribution >= 4 is 29.4 Å². The van der Waals surface area contributed by atoms with Crippen LogP contribution in [0.3, 0.4) is 0 Å². The molecule has 3 saturated heterocycles. The summed E-state index contributed by atoms with van der Waals surface area (Å²) in [7, 11) is 0. The molecule has 6 rings (SSSR count). The van der Waals surface area contributed by atoms with Crippen LogP contribution in [-0.2, 0) is 16.0 Å². The van der Waals surface area contributed by atoms with Gasteiger partial charge in [0.15, 0.2) is 0 Å². The number of carbonyl (C=O) groups is 2. The number of benzene rings is 2. The van der Waals surface area contributed by atoms with Gasteiger partial charge < -0.3 is 34.8 Å². The van der Waals surface area contributed by atoms with Gasteiger partial charge in [0.1, 0.15) is 5.60 Å². The molecule has 0 radical (unpaired) electrons. The third-order valence-corrected chi connectivity index (χ3v) is 9.31. The van der Waals surface area contributed by atoms with Crippen LogP contribution in [0.25, 0.3) is 11.3 Å². The molecule has 3 amide bonds. The monoisotopic (exact) mass is 684 g/mol. The van der Waals surface area contributed by atoms with E-state index < -0.39 is 5.60 Å². The van der Waals surface area contributed by atoms with Crippen LogP contribution >= 0.6 is 0 Å². The number of likely N-dealkylation sites (tertiary alicyclic amines) is 1. The van der Waals surface area contributed by atoms with Gasteiger partial charge in [-0.1, -0.05) is 12.1 Å². The number of hydrogen-bond donors (Lipinski definition) is 2. The molecule has 0 spiro atoms. The highest BCUT2D eigenvalue weighted by Crippen LogP contribution is 2.28. The maximum absolute atomic E-state index is 12.5. The van der Waals surface area contributed by atoms with E-state index in [-0.39, 0.29) is 24.3 Å². The summed E-state index contributed by atoms with van der Waals surface area (Å²) in [5.74, 6) is 1.16. The number of nitrogens with zero attached hydrogens (tertiary/aromatic N) is 6. The van der Waals surface area contributed by atoms with Crippen LogP contribution in [0.15, 0.2) is 54.7 Å². The molecule has 0 saturated carbocycles. The summed E-state index contributed by atoms with van der Waals surface area (Å²) in [6.45, 7) is 19.9. The first-order chi connectivity index (χ1) is 23.9. The normalized spacial score (nSPS) is 17.4. The molecular weight excluding hydrogens is 632 g/mol. The molecule has 2 aromatic carbocycles. The summed E-state index contributed by atoms with van der Waals surface area (Å²) in [5.41, 5.74) is 5.65. The Hall–Kier alpha value is -4.42. The number of ether oxygens (including phenoxy) is 2. The summed E-state index contributed by atoms with van der Waals surface area (Å²) in [4.78, 5) is 42.6. The van der Waals surface area contributed by atoms with Crippen molar-refractivity contribution in [3.05, 3.63) is 65.9 Å². The van der Waals surface area contributed by atoms with Crippen molar-refractivity contribution in [1.82, 2.24) is 30.0 Å². The molecule has 3 fully saturated rings. The first-order valence-corrected chi connectivity index (χ1v) is 17.8. The molecule has 3 aliphatic heterocycles. The van der Waals surface area contributed by atoms with E-state index in [4.69, 9.17) is 14.5 Å². The minimum atomic E-state index is -0.462. The van der Waals surface area contributed by atoms with E-state index in [2.05, 4.69) is 62.7 Å². The Balaban J connectivity index is 0.938. The van der Waals surface area contributed by atoms with Crippen LogP contribution in [0, 0.1) is 12.8 Å². The lowest BCUT2D eigenvalue weighted by atomic mass is 9.98. The molecule has 12 heteroatoms. The van der Waals surface area contributed by atoms with E-state index in [0.29, 0.717) is 44.6 Å². The molecule has 50 heavy (non-hydrogen) atoms. The van der Waals surface area contributed by atoms with E-state index in [1.165, 1.54) is 5.69 Å². The number of amides is 3. The van der Waals surface area contributed by atoms with Crippen molar-refractivity contribution < 1.29 is 19.1 Å². The van der Waals surface area contributed by atoms with Gasteiger partial charge in [-0.2, -0.15) is 0 Å². The van der Waals surface area contributed by atoms with Gasteiger partial charge in [0.2, 0.25) is 5.95 Å². The van der Waals surface area contributed by atoms with Crippen LogP contribution < -0.4 is 15.5 Å². The van der Waals surface area contributed by atoms with E-state index >= 15 is 0 Å². The Kier molecular flexibility index (Phi) is 10.8. The zero-order valence-corrected chi connectivity index (χ0v) is 30.3. The number of hydrogen-bond acceptors (Lipinski definition) is 9. The maximum Gasteiger partial charge on any atom is 0.410 e. The number of piperazine rings is 1. The van der Waals surface area contributed by atoms with Crippen LogP contribution in [-0.4, -0.2) is 114 Å². The Labute approximate surface area is 296 Å². The molecule has 0 atom stereocenters. The van der Waals surface area contributed by atoms with Crippen molar-refractivity contribution in [2.75, 3.05) is 69.1 Å². The SMILES string of the molecule is Cc1cc(-c2ccnc(Nc3ccc(N4CC(CN5CCN(C(=O)OC(C)(C)C)CC5)C4)cc3)n2)ccc1CNC(=O)N1CC(OC(C)C)C1. The first-order valence-electron chi connectivity index (χ1n) is 17.8. The highest BCUT2D eigenvalue weighted by molar-refractivity contribution is 5.75. The van der Waals surface area contributed by atoms with E-state index in [9.17, 15) is 9.59 Å². The second kappa shape index (κ2) is 15.2. The average Bonchev–Trinajstić information content (AvgIpc) is 3.03. The van der Waals surface area contributed by atoms with Gasteiger partial charge in [-0.25, -0.2) is 19.6 Å². The lowest BCUT2D eigenvalue weighted by molar-refractivity contribution is -0.0641. The minimum Gasteiger partial charge on any atom is -0.444 e. The van der Waals surface area contributed by atoms with Crippen LogP contribution in [0.1, 0.15) is 45.7 Å². The predicted molar refractivity (Wildman–Crippen MR) is 196 cm³/mol. The second-order valence-corrected chi connectivity index (χ2v) is 15.0. The summed E-state index contributed by atoms with van der Waals surface area (Å²) >= 11 is 0. The Morgan fingerprint density at radius 1 is 0.940 bits per heavy atom. The van der Waals surface area contributed by atoms with E-state index in [1.54, 1.807) is 11.1 Å². The van der Waals surface area contributed by atoms with Crippen molar-refractivity contribution in [1.29, 1.82) is 0 Å². The van der Waals surface area contributed by atoms with E-state index in [1.807, 2.05) is 57.7 Å². The summed E-state index contributed by atoms with van der Waals surface area (Å²) < 4.78 is 11.3. The lowest BCUT2D eigenvalue weighted by Crippen LogP contribution is -2.58. The van der Waals surface area contributed by atoms with Crippen LogP contribution in [0.4, 0.5) is 26.9 Å². The molecule has 0 bridgehead atoms. The fourth-order valence-electron chi connectivity index (χ4n) is 6.58. The summed E-state index contributed by atoms with van der Waals surface area (Å²) in [6.07, 6.45) is 1.86. The number of urea groups is 1. The number of carbonyl (C=O) groups excluding carboxylic acids is 2. The van der Waals surface area contributed by atoms with Crippen molar-refractivity contribution in [2.45, 2.75) is 65.9 Å². The largest absolute Gasteiger partial charge is 0.444 e. The summed E-state index contributed by atoms with van der Waals surface area (Å²) in [6, 6.07) is 16.5. The zero-order valence-electron chi connectivity index (χ0n) is 30.3. The molecule has 4 heterocycles. The average molecular weight is 685 g/mol. The van der Waals surface area contributed by atoms with Gasteiger partial charge in [-0.05, 0) is 89.1 Å². The van der Waals surface area contributed by atoms with Gasteiger partial charge >= 0.3 is 12.1 Å². The molecule has 12 nitrogen and oxygen atoms in total. The highest BCUT2D eigenvalue weighted by Gasteiger charge is 2.33. The van der Waals surface area contributed by atoms with Gasteiger partial charge in [-0.3, -0.25) is 4.90 Å². The van der Waals surface area contributed by atoms with Gasteiger partial charge in [0.05, 0.1) is 31.0 Å². The van der Waals surface area contributed by atoms with Gasteiger partial charge in [-0.15, -0.1) is 0 Å². The fraction of sp³-hybridized carbons (Fsp3) is 0.526. The maximum atomic E-state index is 12.5. The Morgan fingerprint density at radius 2 is 1.66 bits per heavy atom. The predicted octanol–water partition coefficient (Wildman–Crippen LogP) is 5.50. The zero-order chi connectivity index (χ0) is 35.4. The molecule has 0 aliphatic carbocycles. The molecule has 3 aliphatic rings. The van der Waals surface area contributed by atoms with Crippen LogP contribution in [0.2, 0.25) is 0 Å². The third-order valence-electron chi connectivity index (χ3n) is 9.31. The van der Waals surface area contributed by atoms with Crippen LogP contribution in [0.5, 0.6) is 0 Å². The van der Waals surface area contributed by atoms with Crippen molar-refractivity contribution in [3.63, 3.8) is 0 Å². The highest BCUT2D eigenvalue weighted by atomic mass is 16.6. The van der Waals surface area contributed by atoms with E-state index in [0.717, 1.165) is 60.8 Å². The minimum absolute atomic E-state index is 0.0608. The number of anilines is 3. The van der Waals surface area contributed by atoms with Gasteiger partial charge in [0, 0.05) is 81.4 Å². The molecule has 0 unspecified atom stereocenters. The topological polar surface area (TPSA) is 115 Å². The summed E-state index contributed by atoms with van der Waals surface area (Å²) in [5, 5.41) is 6.39. The molecule has 268 valence electrons. The fourth-order valence-corrected chi connectivity index (χ4v) is 6.58. The number of nitrogens with one attached hydrogen (secondary N) is 2. The Bertz CT molecular complexity index is 1620. The van der Waals surface area contributed by atoms with Crippen molar-refractivity contribution in [2.24, 2.45) is 5.92 Å². The quantitative estimate of drug-likeness (QED) is 0.286. The Morgan fingerprint density at radius 3 is 2.32 bits per heavy atom. The second-order valence-electron chi connectivity index (χ2n) is 15.0. The molecule has 1 aromatic heterocycles. The van der Waals surface area contributed by atoms with Gasteiger partial charge in [0.25, 0.3) is 0 Å². The number of aryl methyl sites for hydroxylation is 1. The smallest absolute Gasteiger partial charge is 0.410 e. The number of aromatic nitrogens is 2. The molecule has 3 aromatic rings. The lowest BCUT2D eigenvalue weighted by Gasteiger charge is -2.44. The molecular formula is C38H52N8O4. The first kappa shape index (κ1) is 35.4. The number of rotatable bonds is 10. The molecule has 2 N–H and O–H groups in total. The standard InChI is InChI=1S/C38H52N8O4/c1-26(2)49-33-24-46(25-33)36(47)40-20-30-8-7-29(19-27(30)3)34-13-14-39-35(42-34)41-31-9-11-32(12-10-31)45-22-28(23-45)21-43-15-17-44(18-16-43)37(48)50-38(4,5)6/h7-14,19,26,28,33H,15-18,20-25H2,1-6H3,(H,40,47)(H,39,41,42).